The average Bonchev–Trinajstić information content (AvgIpc) is 3.25. The van der Waals surface area contributed by atoms with E-state index in [4.69, 9.17) is 10.2 Å². The first-order chi connectivity index (χ1) is 15.4. The van der Waals surface area contributed by atoms with Crippen molar-refractivity contribution in [3.05, 3.63) is 60.0 Å². The number of aromatic nitrogens is 4. The smallest absolute Gasteiger partial charge is 0.270 e. The van der Waals surface area contributed by atoms with Gasteiger partial charge in [-0.3, -0.25) is 0 Å². The summed E-state index contributed by atoms with van der Waals surface area (Å²) in [5.74, 6) is 0.205. The van der Waals surface area contributed by atoms with Crippen molar-refractivity contribution in [3.8, 4) is 34.3 Å². The molecule has 4 aromatic rings. The van der Waals surface area contributed by atoms with Crippen LogP contribution in [-0.4, -0.2) is 32.5 Å². The lowest BCUT2D eigenvalue weighted by Gasteiger charge is -2.09. The molecule has 0 spiro atoms. The Hall–Kier alpha value is -3.30. The fraction of sp³-hybridized carbons (Fsp3) is 0.217. The number of nitrogens with one attached hydrogen (secondary N) is 1. The van der Waals surface area contributed by atoms with Gasteiger partial charge in [0, 0.05) is 27.8 Å². The zero-order valence-corrected chi connectivity index (χ0v) is 18.8. The van der Waals surface area contributed by atoms with Gasteiger partial charge in [-0.15, -0.1) is 22.0 Å². The first kappa shape index (κ1) is 21.9. The molecule has 2 heterocycles. The summed E-state index contributed by atoms with van der Waals surface area (Å²) in [6, 6.07) is 12.8. The Morgan fingerprint density at radius 2 is 1.84 bits per heavy atom. The summed E-state index contributed by atoms with van der Waals surface area (Å²) < 4.78 is 20.6. The van der Waals surface area contributed by atoms with Gasteiger partial charge in [0.25, 0.3) is 5.89 Å². The third-order valence-electron chi connectivity index (χ3n) is 4.60. The zero-order valence-electron chi connectivity index (χ0n) is 18.0. The molecule has 0 aliphatic rings. The van der Waals surface area contributed by atoms with E-state index in [1.54, 1.807) is 17.8 Å². The minimum atomic E-state index is -0.381. The van der Waals surface area contributed by atoms with Crippen LogP contribution in [0.25, 0.3) is 34.3 Å². The molecule has 32 heavy (non-hydrogen) atoms. The predicted octanol–water partition coefficient (Wildman–Crippen LogP) is 4.80. The van der Waals surface area contributed by atoms with Gasteiger partial charge in [-0.05, 0) is 42.9 Å². The second-order valence-electron chi connectivity index (χ2n) is 7.44. The van der Waals surface area contributed by atoms with Gasteiger partial charge in [-0.25, -0.2) is 14.4 Å². The Kier molecular flexibility index (Phi) is 6.48. The highest BCUT2D eigenvalue weighted by molar-refractivity contribution is 7.99. The van der Waals surface area contributed by atoms with E-state index in [9.17, 15) is 4.39 Å². The van der Waals surface area contributed by atoms with Crippen LogP contribution in [0.15, 0.2) is 58.0 Å². The number of nitrogens with zero attached hydrogens (tertiary/aromatic N) is 4. The molecule has 0 radical (unpaired) electrons. The van der Waals surface area contributed by atoms with E-state index in [0.717, 1.165) is 22.6 Å². The van der Waals surface area contributed by atoms with E-state index in [1.165, 1.54) is 12.3 Å². The van der Waals surface area contributed by atoms with Crippen LogP contribution < -0.4 is 11.1 Å². The fourth-order valence-electron chi connectivity index (χ4n) is 3.14. The number of rotatable bonds is 7. The Bertz CT molecular complexity index is 1230. The number of hydrogen-bond donors (Lipinski definition) is 2. The Balaban J connectivity index is 1.64. The third kappa shape index (κ3) is 4.79. The maximum Gasteiger partial charge on any atom is 0.270 e. The summed E-state index contributed by atoms with van der Waals surface area (Å²) in [6.45, 7) is 4.88. The van der Waals surface area contributed by atoms with Crippen LogP contribution in [0, 0.1) is 5.82 Å². The lowest BCUT2D eigenvalue weighted by Crippen LogP contribution is -2.04. The van der Waals surface area contributed by atoms with Gasteiger partial charge in [-0.2, -0.15) is 0 Å². The molecule has 164 valence electrons. The summed E-state index contributed by atoms with van der Waals surface area (Å²) >= 11 is 1.59. The molecule has 7 nitrogen and oxygen atoms in total. The molecule has 0 bridgehead atoms. The van der Waals surface area contributed by atoms with Crippen LogP contribution in [0.3, 0.4) is 0 Å². The van der Waals surface area contributed by atoms with E-state index in [2.05, 4.69) is 39.3 Å². The maximum atomic E-state index is 14.8. The SMILES string of the molecule is CNCc1ccc(-c2nnc(-c3nc(-c4ccc(SC(C)C)cc4F)cnc3N)o2)cc1. The van der Waals surface area contributed by atoms with Gasteiger partial charge in [0.2, 0.25) is 5.89 Å². The Labute approximate surface area is 189 Å². The topological polar surface area (TPSA) is 103 Å². The Morgan fingerprint density at radius 3 is 2.53 bits per heavy atom. The summed E-state index contributed by atoms with van der Waals surface area (Å²) in [6.07, 6.45) is 1.43. The maximum absolute atomic E-state index is 14.8. The monoisotopic (exact) mass is 450 g/mol. The van der Waals surface area contributed by atoms with Gasteiger partial charge >= 0.3 is 0 Å². The predicted molar refractivity (Wildman–Crippen MR) is 124 cm³/mol. The summed E-state index contributed by atoms with van der Waals surface area (Å²) in [7, 11) is 1.89. The number of hydrogen-bond acceptors (Lipinski definition) is 8. The van der Waals surface area contributed by atoms with Crippen LogP contribution in [0.4, 0.5) is 10.2 Å². The van der Waals surface area contributed by atoms with E-state index in [0.29, 0.717) is 22.4 Å². The first-order valence-corrected chi connectivity index (χ1v) is 11.0. The van der Waals surface area contributed by atoms with Crippen molar-refractivity contribution in [1.82, 2.24) is 25.5 Å². The number of nitrogens with two attached hydrogens (primary N) is 1. The van der Waals surface area contributed by atoms with Gasteiger partial charge in [-0.1, -0.05) is 26.0 Å². The van der Waals surface area contributed by atoms with E-state index < -0.39 is 0 Å². The van der Waals surface area contributed by atoms with Crippen LogP contribution in [0.5, 0.6) is 0 Å². The summed E-state index contributed by atoms with van der Waals surface area (Å²) in [5, 5.41) is 11.6. The first-order valence-electron chi connectivity index (χ1n) is 10.1. The Morgan fingerprint density at radius 1 is 1.09 bits per heavy atom. The highest BCUT2D eigenvalue weighted by atomic mass is 32.2. The molecule has 9 heteroatoms. The highest BCUT2D eigenvalue weighted by Gasteiger charge is 2.18. The van der Waals surface area contributed by atoms with Crippen LogP contribution in [0.1, 0.15) is 19.4 Å². The van der Waals surface area contributed by atoms with Crippen LogP contribution >= 0.6 is 11.8 Å². The molecule has 0 saturated carbocycles. The third-order valence-corrected chi connectivity index (χ3v) is 5.60. The zero-order chi connectivity index (χ0) is 22.7. The van der Waals surface area contributed by atoms with Gasteiger partial charge in [0.05, 0.1) is 11.9 Å². The number of halogens is 1. The van der Waals surface area contributed by atoms with Crippen molar-refractivity contribution in [3.63, 3.8) is 0 Å². The number of nitrogen functional groups attached to an aromatic ring is 1. The summed E-state index contributed by atoms with van der Waals surface area (Å²) in [4.78, 5) is 9.49. The van der Waals surface area contributed by atoms with Crippen LogP contribution in [0.2, 0.25) is 0 Å². The van der Waals surface area contributed by atoms with Crippen molar-refractivity contribution in [2.75, 3.05) is 12.8 Å². The van der Waals surface area contributed by atoms with Crippen molar-refractivity contribution in [2.45, 2.75) is 30.5 Å². The lowest BCUT2D eigenvalue weighted by atomic mass is 10.1. The largest absolute Gasteiger partial charge is 0.414 e. The molecular formula is C23H23FN6OS. The van der Waals surface area contributed by atoms with Gasteiger partial charge in [0.15, 0.2) is 11.5 Å². The molecule has 2 aromatic carbocycles. The minimum Gasteiger partial charge on any atom is -0.414 e. The molecule has 4 rings (SSSR count). The van der Waals surface area contributed by atoms with Crippen molar-refractivity contribution in [2.24, 2.45) is 0 Å². The average molecular weight is 451 g/mol. The number of anilines is 1. The highest BCUT2D eigenvalue weighted by Crippen LogP contribution is 2.31. The lowest BCUT2D eigenvalue weighted by molar-refractivity contribution is 0.582. The molecule has 0 saturated heterocycles. The van der Waals surface area contributed by atoms with Crippen molar-refractivity contribution in [1.29, 1.82) is 0 Å². The summed E-state index contributed by atoms with van der Waals surface area (Å²) in [5.41, 5.74) is 8.80. The van der Waals surface area contributed by atoms with Gasteiger partial charge < -0.3 is 15.5 Å². The second kappa shape index (κ2) is 9.46. The molecular weight excluding hydrogens is 427 g/mol. The normalized spacial score (nSPS) is 11.3. The molecule has 0 atom stereocenters. The van der Waals surface area contributed by atoms with Crippen LogP contribution in [-0.2, 0) is 6.54 Å². The van der Waals surface area contributed by atoms with E-state index in [-0.39, 0.29) is 23.2 Å². The number of thioether (sulfide) groups is 1. The van der Waals surface area contributed by atoms with Gasteiger partial charge in [0.1, 0.15) is 5.82 Å². The second-order valence-corrected chi connectivity index (χ2v) is 9.09. The molecule has 2 aromatic heterocycles. The quantitative estimate of drug-likeness (QED) is 0.387. The van der Waals surface area contributed by atoms with E-state index in [1.807, 2.05) is 37.4 Å². The molecule has 0 amide bonds. The van der Waals surface area contributed by atoms with Crippen molar-refractivity contribution >= 4 is 17.6 Å². The molecule has 0 unspecified atom stereocenters. The van der Waals surface area contributed by atoms with E-state index >= 15 is 0 Å². The molecule has 0 fully saturated rings. The fourth-order valence-corrected chi connectivity index (χ4v) is 4.00. The van der Waals surface area contributed by atoms with Crippen molar-refractivity contribution < 1.29 is 8.81 Å². The standard InChI is InChI=1S/C23H23FN6OS/c1-13(2)32-16-8-9-17(18(24)10-16)19-12-27-21(25)20(28-19)23-30-29-22(31-23)15-6-4-14(5-7-15)11-26-3/h4-10,12-13,26H,11H2,1-3H3,(H2,25,27). The number of benzene rings is 2. The minimum absolute atomic E-state index is 0.124. The molecule has 0 aliphatic carbocycles. The molecule has 0 aliphatic heterocycles. The molecule has 3 N–H and O–H groups in total.